The maximum absolute atomic E-state index is 13.7. The Morgan fingerprint density at radius 2 is 0.869 bits per heavy atom. The van der Waals surface area contributed by atoms with Gasteiger partial charge in [0.1, 0.15) is 40.5 Å². The molecule has 732 valence electrons. The van der Waals surface area contributed by atoms with Gasteiger partial charge in [0.05, 0.1) is 101 Å². The standard InChI is InChI=1S/C102H137N23O12/c1-69(59-92(126)71(3)106-97(131)25-12-11-15-51-124-66-78(115-117-124)23-13-16-48-121(9)53-44-104-95(129)26-18-55-134-80-37-36-77-61-87(108-88(77)62-80)73-28-30-74(31-29-73)98-109-85-42-39-82(64-90(85)112-98)136-57-21-46-119(5)6)101(132)107-72(4)93(127)60-70(2)102(133)123(68-94(103)128)50-20-52-125-67-79(116-118-125)24-14-17-49-122(10)54-45-105-96(130)27-19-56-135-81-38-41-84-89(63-81)113-99(110-84)75-32-34-76(35-33-75)100-111-86-43-40-83(65-91(86)114-100)137-58-22-47-120(7)8/h28-43,62-67,69-72H,11-27,44-61,68H2,1-10H3,(H2,103,128)(H,104,129)(H,105,130)(H,106,131)(H,107,132)(H,109,112)(H,110,113)(H,111,114)/t69-,70-,71+,72+/m0/s1. The molecule has 0 saturated heterocycles. The van der Waals surface area contributed by atoms with Crippen molar-refractivity contribution < 1.29 is 57.3 Å². The molecule has 12 rings (SSSR count). The number of nitrogens with two attached hydrogens (primary N) is 1. The van der Waals surface area contributed by atoms with Crippen LogP contribution in [0, 0.1) is 11.8 Å². The summed E-state index contributed by atoms with van der Waals surface area (Å²) in [5.41, 5.74) is 19.6. The number of ketones is 2. The summed E-state index contributed by atoms with van der Waals surface area (Å²) in [6, 6.07) is 38.3. The topological polar surface area (TPSA) is 424 Å². The van der Waals surface area contributed by atoms with Crippen molar-refractivity contribution in [3.05, 3.63) is 156 Å². The Labute approximate surface area is 801 Å². The zero-order valence-electron chi connectivity index (χ0n) is 81.2. The molecule has 0 spiro atoms. The second-order valence-corrected chi connectivity index (χ2v) is 36.6. The number of unbranched alkanes of at least 4 members (excludes halogenated alkanes) is 4. The summed E-state index contributed by atoms with van der Waals surface area (Å²) in [5.74, 6) is 0.999. The molecular formula is C102H137N23O12. The first-order valence-corrected chi connectivity index (χ1v) is 48.3. The van der Waals surface area contributed by atoms with Gasteiger partial charge < -0.3 is 85.4 Å². The lowest BCUT2D eigenvalue weighted by atomic mass is 9.97. The van der Waals surface area contributed by atoms with E-state index < -0.39 is 47.4 Å². The molecule has 0 unspecified atom stereocenters. The first kappa shape index (κ1) is 103. The van der Waals surface area contributed by atoms with Crippen LogP contribution in [0.2, 0.25) is 0 Å². The minimum atomic E-state index is -0.973. The van der Waals surface area contributed by atoms with Crippen LogP contribution in [0.4, 0.5) is 5.69 Å². The van der Waals surface area contributed by atoms with Crippen LogP contribution >= 0.6 is 0 Å². The predicted octanol–water partition coefficient (Wildman–Crippen LogP) is 11.5. The third-order valence-corrected chi connectivity index (χ3v) is 24.2. The van der Waals surface area contributed by atoms with Crippen LogP contribution in [-0.2, 0) is 70.7 Å². The molecular weight excluding hydrogens is 1740 g/mol. The zero-order chi connectivity index (χ0) is 97.1. The number of amides is 6. The molecule has 0 fully saturated rings. The van der Waals surface area contributed by atoms with Gasteiger partial charge >= 0.3 is 0 Å². The van der Waals surface area contributed by atoms with Crippen LogP contribution in [0.1, 0.15) is 159 Å². The number of Topliss-reactive ketones (excluding diaryl/α,β-unsaturated/α-hetero) is 2. The molecule has 4 atom stereocenters. The number of benzene rings is 6. The quantitative estimate of drug-likeness (QED) is 0.0164. The van der Waals surface area contributed by atoms with Crippen molar-refractivity contribution in [2.75, 3.05) is 134 Å². The molecule has 9 N–H and O–H groups in total. The van der Waals surface area contributed by atoms with Gasteiger partial charge in [-0.15, -0.1) is 10.2 Å². The van der Waals surface area contributed by atoms with E-state index in [0.717, 1.165) is 215 Å². The van der Waals surface area contributed by atoms with E-state index in [9.17, 15) is 38.4 Å². The molecule has 6 heterocycles. The van der Waals surface area contributed by atoms with E-state index in [2.05, 4.69) is 142 Å². The van der Waals surface area contributed by atoms with Gasteiger partial charge in [-0.25, -0.2) is 15.0 Å². The number of hydrogen-bond acceptors (Lipinski definition) is 24. The summed E-state index contributed by atoms with van der Waals surface area (Å²) in [4.78, 5) is 144. The predicted molar refractivity (Wildman–Crippen MR) is 530 cm³/mol. The molecule has 0 aliphatic carbocycles. The summed E-state index contributed by atoms with van der Waals surface area (Å²) in [7, 11) is 12.3. The number of aromatic amines is 3. The van der Waals surface area contributed by atoms with Crippen LogP contribution in [-0.4, -0.2) is 283 Å². The van der Waals surface area contributed by atoms with Crippen LogP contribution in [0.25, 0.3) is 67.3 Å². The summed E-state index contributed by atoms with van der Waals surface area (Å²) < 4.78 is 27.6. The molecule has 6 amide bonds. The van der Waals surface area contributed by atoms with Crippen LogP contribution in [0.5, 0.6) is 23.0 Å². The maximum atomic E-state index is 13.7. The average molecular weight is 1880 g/mol. The largest absolute Gasteiger partial charge is 0.494 e. The molecule has 1 aliphatic heterocycles. The van der Waals surface area contributed by atoms with Crippen molar-refractivity contribution in [3.63, 3.8) is 0 Å². The third kappa shape index (κ3) is 33.1. The first-order valence-electron chi connectivity index (χ1n) is 48.3. The number of hydrogen-bond donors (Lipinski definition) is 8. The Morgan fingerprint density at radius 3 is 1.34 bits per heavy atom. The Morgan fingerprint density at radius 1 is 0.438 bits per heavy atom. The number of likely N-dealkylation sites (N-methyl/N-ethyl adjacent to an activating group) is 2. The van der Waals surface area contributed by atoms with Crippen molar-refractivity contribution in [3.8, 4) is 57.2 Å². The van der Waals surface area contributed by atoms with Gasteiger partial charge in [-0.05, 0) is 206 Å². The molecule has 35 nitrogen and oxygen atoms in total. The summed E-state index contributed by atoms with van der Waals surface area (Å²) >= 11 is 0. The third-order valence-electron chi connectivity index (χ3n) is 24.2. The number of fused-ring (bicyclic) bond motifs is 4. The normalized spacial score (nSPS) is 12.9. The van der Waals surface area contributed by atoms with E-state index in [1.807, 2.05) is 115 Å². The van der Waals surface area contributed by atoms with Crippen molar-refractivity contribution in [1.82, 2.24) is 106 Å². The van der Waals surface area contributed by atoms with Gasteiger partial charge in [0, 0.05) is 163 Å². The zero-order valence-corrected chi connectivity index (χ0v) is 81.2. The number of aryl methyl sites for hydroxylation is 4. The number of ether oxygens (including phenoxy) is 4. The lowest BCUT2D eigenvalue weighted by Gasteiger charge is -2.25. The van der Waals surface area contributed by atoms with Crippen LogP contribution < -0.4 is 45.9 Å². The van der Waals surface area contributed by atoms with E-state index >= 15 is 0 Å². The highest BCUT2D eigenvalue weighted by Gasteiger charge is 2.30. The Balaban J connectivity index is 0.437. The minimum Gasteiger partial charge on any atom is -0.494 e. The summed E-state index contributed by atoms with van der Waals surface area (Å²) in [6.07, 6.45) is 15.9. The molecule has 35 heteroatoms. The number of imidazole rings is 3. The summed E-state index contributed by atoms with van der Waals surface area (Å²) in [5, 5.41) is 28.8. The van der Waals surface area contributed by atoms with Gasteiger partial charge in [-0.2, -0.15) is 0 Å². The van der Waals surface area contributed by atoms with Gasteiger partial charge in [0.2, 0.25) is 35.4 Å². The van der Waals surface area contributed by atoms with Crippen LogP contribution in [0.15, 0.2) is 139 Å². The first-order chi connectivity index (χ1) is 66.1. The van der Waals surface area contributed by atoms with Gasteiger partial charge in [-0.3, -0.25) is 52.7 Å². The molecule has 137 heavy (non-hydrogen) atoms. The van der Waals surface area contributed by atoms with E-state index in [0.29, 0.717) is 110 Å². The SMILES string of the molecule is C[C@@H](CC(=O)[C@@H](C)NC(=O)CCCCCn1cc(CCCCN(C)CCNC(=O)CCCOc2ccc3c(c2)N=C(c2ccc(-c4nc5cc(OCCCN(C)C)ccc5[nH]4)cc2)C3)nn1)C(=O)N[C@H](C)C(=O)C[C@H](C)C(=O)N(CCCn1cc(CCCCN(C)CCNC(=O)CCCOc2ccc3[nH]c(-c4ccc(-c5nc6cc(OCCCN(C)C)ccc6[nH]5)cc4)nc3c2)nn1)CC(N)=O. The Hall–Kier alpha value is -13.1. The lowest BCUT2D eigenvalue weighted by Crippen LogP contribution is -2.45. The second kappa shape index (κ2) is 52.3. The summed E-state index contributed by atoms with van der Waals surface area (Å²) in [6.45, 7) is 15.4. The highest BCUT2D eigenvalue weighted by molar-refractivity contribution is 6.07. The van der Waals surface area contributed by atoms with Crippen molar-refractivity contribution >= 4 is 91.5 Å². The molecule has 0 radical (unpaired) electrons. The van der Waals surface area contributed by atoms with E-state index in [4.69, 9.17) is 44.6 Å². The monoisotopic (exact) mass is 1880 g/mol. The highest BCUT2D eigenvalue weighted by atomic mass is 16.5. The Kier molecular flexibility index (Phi) is 39.2. The number of carbonyl (C=O) groups excluding carboxylic acids is 8. The number of nitrogens with zero attached hydrogens (tertiary/aromatic N) is 15. The van der Waals surface area contributed by atoms with Crippen molar-refractivity contribution in [2.45, 2.75) is 181 Å². The molecule has 1 aliphatic rings. The number of aromatic nitrogens is 12. The van der Waals surface area contributed by atoms with Crippen molar-refractivity contribution in [2.24, 2.45) is 22.6 Å². The van der Waals surface area contributed by atoms with E-state index in [1.165, 1.54) is 11.8 Å². The molecule has 6 aromatic carbocycles. The molecule has 0 bridgehead atoms. The molecule has 0 saturated carbocycles. The van der Waals surface area contributed by atoms with Gasteiger partial charge in [-0.1, -0.05) is 85.3 Å². The molecule has 5 aromatic heterocycles. The fourth-order valence-electron chi connectivity index (χ4n) is 16.2. The smallest absolute Gasteiger partial charge is 0.237 e. The lowest BCUT2D eigenvalue weighted by molar-refractivity contribution is -0.140. The van der Waals surface area contributed by atoms with E-state index in [-0.39, 0.29) is 55.9 Å². The molecule has 11 aromatic rings. The Bertz CT molecular complexity index is 5820. The highest BCUT2D eigenvalue weighted by Crippen LogP contribution is 2.35. The fourth-order valence-corrected chi connectivity index (χ4v) is 16.2. The number of H-pyrrole nitrogens is 3. The van der Waals surface area contributed by atoms with Gasteiger partial charge in [0.25, 0.3) is 0 Å². The van der Waals surface area contributed by atoms with Crippen LogP contribution in [0.3, 0.4) is 0 Å². The van der Waals surface area contributed by atoms with E-state index in [1.54, 1.807) is 25.5 Å². The number of nitrogens with one attached hydrogen (secondary N) is 7. The number of aliphatic imine (C=N–C) groups is 1. The average Bonchev–Trinajstić information content (AvgIpc) is 1.66. The maximum Gasteiger partial charge on any atom is 0.237 e. The van der Waals surface area contributed by atoms with Crippen molar-refractivity contribution in [1.29, 1.82) is 0 Å². The minimum absolute atomic E-state index is 0.00349. The number of primary amides is 1. The fraction of sp³-hybridized carbons (Fsp3) is 0.490. The van der Waals surface area contributed by atoms with Gasteiger partial charge in [0.15, 0.2) is 11.6 Å². The second-order valence-electron chi connectivity index (χ2n) is 36.6. The number of rotatable bonds is 62. The number of carbonyl (C=O) groups is 8.